The second-order valence-electron chi connectivity index (χ2n) is 4.95. The summed E-state index contributed by atoms with van der Waals surface area (Å²) in [6, 6.07) is 9.67. The predicted octanol–water partition coefficient (Wildman–Crippen LogP) is 1.84. The predicted molar refractivity (Wildman–Crippen MR) is 79.5 cm³/mol. The van der Waals surface area contributed by atoms with Gasteiger partial charge in [-0.25, -0.2) is 0 Å². The Kier molecular flexibility index (Phi) is 4.05. The highest BCUT2D eigenvalue weighted by Crippen LogP contribution is 2.27. The summed E-state index contributed by atoms with van der Waals surface area (Å²) in [4.78, 5) is 6.77. The monoisotopic (exact) mass is 290 g/mol. The fourth-order valence-corrected chi connectivity index (χ4v) is 3.48. The Morgan fingerprint density at radius 3 is 2.95 bits per heavy atom. The van der Waals surface area contributed by atoms with E-state index in [1.165, 1.54) is 0 Å². The topological polar surface area (TPSA) is 68.2 Å². The zero-order valence-corrected chi connectivity index (χ0v) is 12.2. The van der Waals surface area contributed by atoms with Gasteiger partial charge >= 0.3 is 0 Å². The lowest BCUT2D eigenvalue weighted by Gasteiger charge is -2.29. The van der Waals surface area contributed by atoms with Crippen LogP contribution in [-0.4, -0.2) is 40.1 Å². The summed E-state index contributed by atoms with van der Waals surface area (Å²) in [7, 11) is 2.09. The third-order valence-electron chi connectivity index (χ3n) is 3.58. The molecule has 2 atom stereocenters. The van der Waals surface area contributed by atoms with Gasteiger partial charge in [0.25, 0.3) is 0 Å². The van der Waals surface area contributed by atoms with Crippen LogP contribution in [0.3, 0.4) is 0 Å². The van der Waals surface area contributed by atoms with Crippen molar-refractivity contribution in [2.75, 3.05) is 25.1 Å². The zero-order chi connectivity index (χ0) is 13.9. The molecule has 2 aromatic rings. The van der Waals surface area contributed by atoms with E-state index in [0.717, 1.165) is 29.4 Å². The average Bonchev–Trinajstić information content (AvgIpc) is 2.97. The summed E-state index contributed by atoms with van der Waals surface area (Å²) in [5.41, 5.74) is 7.16. The van der Waals surface area contributed by atoms with E-state index < -0.39 is 0 Å². The van der Waals surface area contributed by atoms with Crippen LogP contribution in [0.5, 0.6) is 0 Å². The first-order valence-electron chi connectivity index (χ1n) is 6.67. The number of nitrogens with zero attached hydrogens (tertiary/aromatic N) is 3. The van der Waals surface area contributed by atoms with Gasteiger partial charge < -0.3 is 10.3 Å². The van der Waals surface area contributed by atoms with Crippen molar-refractivity contribution in [3.63, 3.8) is 0 Å². The molecule has 6 heteroatoms. The van der Waals surface area contributed by atoms with Crippen LogP contribution in [0.15, 0.2) is 34.9 Å². The molecule has 0 spiro atoms. The van der Waals surface area contributed by atoms with Gasteiger partial charge in [-0.15, -0.1) is 0 Å². The average molecular weight is 290 g/mol. The minimum Gasteiger partial charge on any atom is -0.337 e. The van der Waals surface area contributed by atoms with Crippen molar-refractivity contribution in [3.8, 4) is 0 Å². The van der Waals surface area contributed by atoms with E-state index in [9.17, 15) is 0 Å². The number of aromatic nitrogens is 2. The molecule has 2 heterocycles. The Labute approximate surface area is 122 Å². The summed E-state index contributed by atoms with van der Waals surface area (Å²) in [6.45, 7) is 1.05. The van der Waals surface area contributed by atoms with Crippen molar-refractivity contribution in [3.05, 3.63) is 47.6 Å². The van der Waals surface area contributed by atoms with Gasteiger partial charge in [0.05, 0.1) is 6.04 Å². The van der Waals surface area contributed by atoms with Crippen LogP contribution < -0.4 is 5.73 Å². The highest BCUT2D eigenvalue weighted by molar-refractivity contribution is 7.99. The zero-order valence-electron chi connectivity index (χ0n) is 11.4. The lowest BCUT2D eigenvalue weighted by atomic mass is 10.1. The van der Waals surface area contributed by atoms with Crippen molar-refractivity contribution in [2.24, 2.45) is 5.73 Å². The normalized spacial score (nSPS) is 21.8. The summed E-state index contributed by atoms with van der Waals surface area (Å²) < 4.78 is 5.36. The van der Waals surface area contributed by atoms with Crippen molar-refractivity contribution in [1.29, 1.82) is 0 Å². The Hall–Kier alpha value is -1.37. The molecule has 1 aromatic heterocycles. The Morgan fingerprint density at radius 1 is 1.40 bits per heavy atom. The van der Waals surface area contributed by atoms with E-state index >= 15 is 0 Å². The SMILES string of the molecule is CN1CCSCC1c1noc([C@@H](N)c2ccccc2)n1. The van der Waals surface area contributed by atoms with Crippen molar-refractivity contribution >= 4 is 11.8 Å². The Bertz CT molecular complexity index is 559. The van der Waals surface area contributed by atoms with Crippen LogP contribution in [0.4, 0.5) is 0 Å². The summed E-state index contributed by atoms with van der Waals surface area (Å²) in [5, 5.41) is 4.12. The standard InChI is InChI=1S/C14H18N4OS/c1-18-7-8-20-9-11(18)13-16-14(19-17-13)12(15)10-5-3-2-4-6-10/h2-6,11-12H,7-9,15H2,1H3/t11?,12-/m0/s1. The molecule has 20 heavy (non-hydrogen) atoms. The highest BCUT2D eigenvalue weighted by Gasteiger charge is 2.27. The number of benzene rings is 1. The first-order valence-corrected chi connectivity index (χ1v) is 7.83. The van der Waals surface area contributed by atoms with Crippen LogP contribution in [0.25, 0.3) is 0 Å². The number of hydrogen-bond donors (Lipinski definition) is 1. The maximum Gasteiger partial charge on any atom is 0.248 e. The van der Waals surface area contributed by atoms with Crippen LogP contribution in [0.2, 0.25) is 0 Å². The second-order valence-corrected chi connectivity index (χ2v) is 6.10. The molecule has 106 valence electrons. The van der Waals surface area contributed by atoms with Gasteiger partial charge in [-0.05, 0) is 12.6 Å². The van der Waals surface area contributed by atoms with Crippen LogP contribution in [0.1, 0.15) is 29.4 Å². The molecular weight excluding hydrogens is 272 g/mol. The third kappa shape index (κ3) is 2.72. The quantitative estimate of drug-likeness (QED) is 0.930. The van der Waals surface area contributed by atoms with Gasteiger partial charge in [-0.1, -0.05) is 35.5 Å². The summed E-state index contributed by atoms with van der Waals surface area (Å²) >= 11 is 1.92. The van der Waals surface area contributed by atoms with Gasteiger partial charge in [0.1, 0.15) is 6.04 Å². The molecular formula is C14H18N4OS. The summed E-state index contributed by atoms with van der Waals surface area (Å²) in [6.07, 6.45) is 0. The molecule has 0 amide bonds. The van der Waals surface area contributed by atoms with Gasteiger partial charge in [-0.2, -0.15) is 16.7 Å². The maximum atomic E-state index is 6.18. The van der Waals surface area contributed by atoms with E-state index in [1.54, 1.807) is 0 Å². The third-order valence-corrected chi connectivity index (χ3v) is 4.60. The van der Waals surface area contributed by atoms with E-state index in [2.05, 4.69) is 22.1 Å². The first-order chi connectivity index (χ1) is 9.75. The Morgan fingerprint density at radius 2 is 2.20 bits per heavy atom. The van der Waals surface area contributed by atoms with Crippen LogP contribution >= 0.6 is 11.8 Å². The van der Waals surface area contributed by atoms with Gasteiger partial charge in [0.15, 0.2) is 5.82 Å². The fourth-order valence-electron chi connectivity index (χ4n) is 2.27. The lowest BCUT2D eigenvalue weighted by Crippen LogP contribution is -2.33. The molecule has 1 fully saturated rings. The molecule has 0 saturated carbocycles. The molecule has 3 rings (SSSR count). The molecule has 0 radical (unpaired) electrons. The second kappa shape index (κ2) is 5.95. The molecule has 1 saturated heterocycles. The lowest BCUT2D eigenvalue weighted by molar-refractivity contribution is 0.256. The molecule has 1 aliphatic rings. The van der Waals surface area contributed by atoms with Crippen LogP contribution in [0, 0.1) is 0 Å². The van der Waals surface area contributed by atoms with E-state index in [0.29, 0.717) is 5.89 Å². The van der Waals surface area contributed by atoms with Crippen molar-refractivity contribution in [1.82, 2.24) is 15.0 Å². The van der Waals surface area contributed by atoms with E-state index in [4.69, 9.17) is 10.3 Å². The van der Waals surface area contributed by atoms with E-state index in [-0.39, 0.29) is 12.1 Å². The molecule has 0 aliphatic carbocycles. The van der Waals surface area contributed by atoms with Crippen LogP contribution in [-0.2, 0) is 0 Å². The molecule has 0 bridgehead atoms. The Balaban J connectivity index is 1.79. The van der Waals surface area contributed by atoms with Gasteiger partial charge in [0.2, 0.25) is 5.89 Å². The number of hydrogen-bond acceptors (Lipinski definition) is 6. The molecule has 5 nitrogen and oxygen atoms in total. The van der Waals surface area contributed by atoms with E-state index in [1.807, 2.05) is 42.1 Å². The number of rotatable bonds is 3. The highest BCUT2D eigenvalue weighted by atomic mass is 32.2. The largest absolute Gasteiger partial charge is 0.337 e. The molecule has 2 N–H and O–H groups in total. The maximum absolute atomic E-state index is 6.18. The summed E-state index contributed by atoms with van der Waals surface area (Å²) in [5.74, 6) is 3.37. The molecule has 1 unspecified atom stereocenters. The number of thioether (sulfide) groups is 1. The van der Waals surface area contributed by atoms with Gasteiger partial charge in [0, 0.05) is 18.1 Å². The van der Waals surface area contributed by atoms with Crippen molar-refractivity contribution < 1.29 is 4.52 Å². The number of nitrogens with two attached hydrogens (primary N) is 1. The first kappa shape index (κ1) is 13.6. The minimum absolute atomic E-state index is 0.217. The molecule has 1 aliphatic heterocycles. The van der Waals surface area contributed by atoms with Crippen molar-refractivity contribution in [2.45, 2.75) is 12.1 Å². The molecule has 1 aromatic carbocycles. The fraction of sp³-hybridized carbons (Fsp3) is 0.429. The smallest absolute Gasteiger partial charge is 0.248 e. The minimum atomic E-state index is -0.362. The van der Waals surface area contributed by atoms with Gasteiger partial charge in [-0.3, -0.25) is 4.90 Å².